The molecule has 3 N–H and O–H groups in total. The zero-order valence-electron chi connectivity index (χ0n) is 34.5. The van der Waals surface area contributed by atoms with Gasteiger partial charge in [0, 0.05) is 42.9 Å². The first-order valence-electron chi connectivity index (χ1n) is 20.9. The van der Waals surface area contributed by atoms with Crippen LogP contribution in [0.2, 0.25) is 10.0 Å². The standard InChI is InChI=1S/C48H48Cl2N4O8/c1-28-29(2)51-19-18-42(28)61-37-13-8-30(9-14-37)21-40(47(56)57)53-46(55)41-22-33-23-43-44(24-34(33)25-54(41)48(58)52-35-6-4-3-5-7-35)62-45(27-60-43)32-11-15-36(16-12-32)59-26-31-10-17-38(49)39(50)20-31/h8-20,23-24,35,40-41,45H,3-7,21-22,25-27H2,1-2H3,(H,52,58)(H,53,55)(H,56,57)/t40?,41-,45+/m0/s1. The lowest BCUT2D eigenvalue weighted by atomic mass is 9.92. The minimum Gasteiger partial charge on any atom is -0.489 e. The fourth-order valence-electron chi connectivity index (χ4n) is 8.09. The van der Waals surface area contributed by atoms with Crippen LogP contribution in [0, 0.1) is 13.8 Å². The zero-order chi connectivity index (χ0) is 43.3. The molecule has 0 bridgehead atoms. The van der Waals surface area contributed by atoms with Gasteiger partial charge in [-0.3, -0.25) is 9.78 Å². The highest BCUT2D eigenvalue weighted by Gasteiger charge is 2.38. The van der Waals surface area contributed by atoms with Crippen LogP contribution in [0.25, 0.3) is 0 Å². The number of amides is 3. The number of rotatable bonds is 12. The third-order valence-electron chi connectivity index (χ3n) is 11.8. The molecule has 3 aliphatic rings. The lowest BCUT2D eigenvalue weighted by molar-refractivity contribution is -0.142. The van der Waals surface area contributed by atoms with Crippen molar-refractivity contribution in [3.8, 4) is 28.7 Å². The Balaban J connectivity index is 0.956. The molecule has 62 heavy (non-hydrogen) atoms. The van der Waals surface area contributed by atoms with Gasteiger partial charge < -0.3 is 39.6 Å². The maximum absolute atomic E-state index is 14.2. The molecule has 12 nitrogen and oxygen atoms in total. The summed E-state index contributed by atoms with van der Waals surface area (Å²) in [4.78, 5) is 46.6. The summed E-state index contributed by atoms with van der Waals surface area (Å²) in [5.74, 6) is 1.28. The van der Waals surface area contributed by atoms with Gasteiger partial charge in [0.25, 0.3) is 0 Å². The average Bonchev–Trinajstić information content (AvgIpc) is 3.27. The first-order valence-corrected chi connectivity index (χ1v) is 21.6. The number of aromatic nitrogens is 1. The molecule has 3 atom stereocenters. The molecule has 1 aliphatic carbocycles. The molecule has 8 rings (SSSR count). The Kier molecular flexibility index (Phi) is 13.1. The largest absolute Gasteiger partial charge is 0.489 e. The van der Waals surface area contributed by atoms with Crippen LogP contribution in [0.3, 0.4) is 0 Å². The van der Waals surface area contributed by atoms with E-state index in [1.54, 1.807) is 48.7 Å². The van der Waals surface area contributed by atoms with Gasteiger partial charge in [0.2, 0.25) is 5.91 Å². The third-order valence-corrected chi connectivity index (χ3v) is 12.5. The highest BCUT2D eigenvalue weighted by Crippen LogP contribution is 2.41. The summed E-state index contributed by atoms with van der Waals surface area (Å²) < 4.78 is 24.7. The second kappa shape index (κ2) is 19.0. The third kappa shape index (κ3) is 10.0. The second-order valence-electron chi connectivity index (χ2n) is 16.1. The second-order valence-corrected chi connectivity index (χ2v) is 16.9. The Labute approximate surface area is 370 Å². The number of fused-ring (bicyclic) bond motifs is 2. The van der Waals surface area contributed by atoms with Gasteiger partial charge in [-0.2, -0.15) is 0 Å². The number of aryl methyl sites for hydroxylation is 1. The Bertz CT molecular complexity index is 2440. The van der Waals surface area contributed by atoms with Crippen molar-refractivity contribution < 1.29 is 38.4 Å². The Hall–Kier alpha value is -5.98. The minimum atomic E-state index is -1.25. The number of urea groups is 1. The van der Waals surface area contributed by atoms with E-state index in [-0.39, 0.29) is 38.1 Å². The number of nitrogens with zero attached hydrogens (tertiary/aromatic N) is 2. The number of halogens is 2. The lowest BCUT2D eigenvalue weighted by Crippen LogP contribution is -2.58. The lowest BCUT2D eigenvalue weighted by Gasteiger charge is -2.38. The summed E-state index contributed by atoms with van der Waals surface area (Å²) in [6.45, 7) is 4.55. The van der Waals surface area contributed by atoms with E-state index in [0.717, 1.165) is 65.6 Å². The van der Waals surface area contributed by atoms with Crippen LogP contribution in [0.5, 0.6) is 28.7 Å². The van der Waals surface area contributed by atoms with Gasteiger partial charge in [-0.1, -0.05) is 72.8 Å². The number of carboxylic acid groups (broad SMARTS) is 1. The van der Waals surface area contributed by atoms with E-state index in [9.17, 15) is 19.5 Å². The quantitative estimate of drug-likeness (QED) is 0.111. The molecular formula is C48H48Cl2N4O8. The summed E-state index contributed by atoms with van der Waals surface area (Å²) in [6.07, 6.45) is 6.37. The van der Waals surface area contributed by atoms with Gasteiger partial charge in [0.1, 0.15) is 42.5 Å². The topological polar surface area (TPSA) is 149 Å². The normalized spacial score (nSPS) is 17.6. The van der Waals surface area contributed by atoms with Crippen LogP contribution < -0.4 is 29.6 Å². The van der Waals surface area contributed by atoms with Crippen LogP contribution >= 0.6 is 23.2 Å². The number of nitrogens with one attached hydrogen (secondary N) is 2. The number of carboxylic acids is 1. The molecule has 1 unspecified atom stereocenters. The maximum Gasteiger partial charge on any atom is 0.326 e. The van der Waals surface area contributed by atoms with Crippen molar-refractivity contribution in [1.29, 1.82) is 0 Å². The van der Waals surface area contributed by atoms with Gasteiger partial charge >= 0.3 is 12.0 Å². The molecule has 5 aromatic rings. The van der Waals surface area contributed by atoms with E-state index in [0.29, 0.717) is 51.0 Å². The molecular weight excluding hydrogens is 831 g/mol. The van der Waals surface area contributed by atoms with Crippen molar-refractivity contribution in [3.05, 3.63) is 140 Å². The highest BCUT2D eigenvalue weighted by atomic mass is 35.5. The van der Waals surface area contributed by atoms with Gasteiger partial charge in [-0.25, -0.2) is 9.59 Å². The van der Waals surface area contributed by atoms with E-state index in [1.807, 2.05) is 56.3 Å². The van der Waals surface area contributed by atoms with Crippen molar-refractivity contribution >= 4 is 41.1 Å². The van der Waals surface area contributed by atoms with E-state index >= 15 is 0 Å². The van der Waals surface area contributed by atoms with E-state index in [4.69, 9.17) is 42.1 Å². The van der Waals surface area contributed by atoms with Crippen molar-refractivity contribution in [2.24, 2.45) is 0 Å². The summed E-state index contributed by atoms with van der Waals surface area (Å²) in [6, 6.07) is 23.0. The summed E-state index contributed by atoms with van der Waals surface area (Å²) in [5.41, 5.74) is 5.91. The Morgan fingerprint density at radius 3 is 2.34 bits per heavy atom. The fraction of sp³-hybridized carbons (Fsp3) is 0.333. The minimum absolute atomic E-state index is 0.000296. The van der Waals surface area contributed by atoms with Gasteiger partial charge in [0.15, 0.2) is 17.6 Å². The molecule has 3 amide bonds. The first kappa shape index (κ1) is 42.7. The molecule has 1 saturated carbocycles. The van der Waals surface area contributed by atoms with E-state index < -0.39 is 30.1 Å². The Morgan fingerprint density at radius 1 is 0.871 bits per heavy atom. The summed E-state index contributed by atoms with van der Waals surface area (Å²) >= 11 is 12.2. The summed E-state index contributed by atoms with van der Waals surface area (Å²) in [5, 5.41) is 17.2. The molecule has 3 heterocycles. The smallest absolute Gasteiger partial charge is 0.326 e. The molecule has 2 aliphatic heterocycles. The molecule has 1 fully saturated rings. The molecule has 4 aromatic carbocycles. The number of hydrogen-bond donors (Lipinski definition) is 3. The van der Waals surface area contributed by atoms with Gasteiger partial charge in [0.05, 0.1) is 10.0 Å². The van der Waals surface area contributed by atoms with Crippen molar-refractivity contribution in [2.45, 2.75) is 96.2 Å². The van der Waals surface area contributed by atoms with Crippen LogP contribution in [-0.2, 0) is 35.6 Å². The number of aliphatic carboxylic acids is 1. The number of carbonyl (C=O) groups excluding carboxylic acids is 2. The van der Waals surface area contributed by atoms with Crippen LogP contribution in [-0.4, -0.2) is 57.6 Å². The van der Waals surface area contributed by atoms with Crippen LogP contribution in [0.15, 0.2) is 91.1 Å². The fourth-order valence-corrected chi connectivity index (χ4v) is 8.41. The van der Waals surface area contributed by atoms with Crippen LogP contribution in [0.4, 0.5) is 4.79 Å². The highest BCUT2D eigenvalue weighted by molar-refractivity contribution is 6.42. The van der Waals surface area contributed by atoms with E-state index in [1.165, 1.54) is 4.90 Å². The molecule has 0 saturated heterocycles. The summed E-state index contributed by atoms with van der Waals surface area (Å²) in [7, 11) is 0. The molecule has 1 aromatic heterocycles. The number of ether oxygens (including phenoxy) is 4. The maximum atomic E-state index is 14.2. The van der Waals surface area contributed by atoms with E-state index in [2.05, 4.69) is 15.6 Å². The van der Waals surface area contributed by atoms with Crippen molar-refractivity contribution in [3.63, 3.8) is 0 Å². The number of pyridine rings is 1. The molecule has 14 heteroatoms. The zero-order valence-corrected chi connectivity index (χ0v) is 36.0. The Morgan fingerprint density at radius 2 is 1.60 bits per heavy atom. The predicted octanol–water partition coefficient (Wildman–Crippen LogP) is 9.47. The number of benzene rings is 4. The molecule has 0 radical (unpaired) electrons. The van der Waals surface area contributed by atoms with Gasteiger partial charge in [-0.05, 0) is 109 Å². The monoisotopic (exact) mass is 878 g/mol. The molecule has 0 spiro atoms. The van der Waals surface area contributed by atoms with Gasteiger partial charge in [-0.15, -0.1) is 0 Å². The number of carbonyl (C=O) groups is 3. The van der Waals surface area contributed by atoms with Crippen molar-refractivity contribution in [1.82, 2.24) is 20.5 Å². The van der Waals surface area contributed by atoms with Crippen molar-refractivity contribution in [2.75, 3.05) is 6.61 Å². The average molecular weight is 880 g/mol. The predicted molar refractivity (Wildman–Crippen MR) is 234 cm³/mol. The van der Waals surface area contributed by atoms with Crippen LogP contribution in [0.1, 0.15) is 77.3 Å². The first-order chi connectivity index (χ1) is 30.0. The molecule has 322 valence electrons. The number of hydrogen-bond acceptors (Lipinski definition) is 8. The SMILES string of the molecule is Cc1nccc(Oc2ccc(CC(NC(=O)[C@@H]3Cc4cc5c(cc4CN3C(=O)NC3CCCCC3)O[C@@H](c3ccc(OCc4ccc(Cl)c(Cl)c4)cc3)CO5)C(=O)O)cc2)c1C.